The molecule has 24 heavy (non-hydrogen) atoms. The average Bonchev–Trinajstić information content (AvgIpc) is 2.86. The number of nitrogens with zero attached hydrogens (tertiary/aromatic N) is 2. The first-order valence-corrected chi connectivity index (χ1v) is 9.03. The van der Waals surface area contributed by atoms with Gasteiger partial charge in [0, 0.05) is 11.1 Å². The number of hydrogen-bond donors (Lipinski definition) is 1. The van der Waals surface area contributed by atoms with Crippen LogP contribution < -0.4 is 5.32 Å². The highest BCUT2D eigenvalue weighted by atomic mass is 35.5. The molecule has 0 atom stereocenters. The van der Waals surface area contributed by atoms with Crippen molar-refractivity contribution in [2.45, 2.75) is 59.4 Å². The molecule has 2 aromatic rings. The van der Waals surface area contributed by atoms with Crippen molar-refractivity contribution in [3.8, 4) is 5.69 Å². The molecule has 1 N–H and O–H groups in total. The molecule has 0 aliphatic heterocycles. The zero-order chi connectivity index (χ0) is 17.7. The number of hydrogen-bond acceptors (Lipinski definition) is 2. The van der Waals surface area contributed by atoms with Gasteiger partial charge in [-0.2, -0.15) is 5.10 Å². The predicted octanol–water partition coefficient (Wildman–Crippen LogP) is 4.57. The standard InChI is InChI=1S/C19H26ClN3O/c1-5-7-16-18(19(24)21-13(3)4)17(8-6-2)23(22-16)15-11-9-14(20)10-12-15/h9-13H,5-8H2,1-4H3,(H,21,24). The first-order valence-electron chi connectivity index (χ1n) is 8.65. The summed E-state index contributed by atoms with van der Waals surface area (Å²) in [4.78, 5) is 12.8. The largest absolute Gasteiger partial charge is 0.350 e. The van der Waals surface area contributed by atoms with Gasteiger partial charge in [-0.3, -0.25) is 4.79 Å². The molecular weight excluding hydrogens is 322 g/mol. The van der Waals surface area contributed by atoms with Gasteiger partial charge in [0.25, 0.3) is 5.91 Å². The van der Waals surface area contributed by atoms with Gasteiger partial charge in [-0.1, -0.05) is 38.3 Å². The Morgan fingerprint density at radius 2 is 1.79 bits per heavy atom. The first kappa shape index (κ1) is 18.5. The molecule has 0 spiro atoms. The van der Waals surface area contributed by atoms with Gasteiger partial charge in [-0.05, 0) is 51.0 Å². The van der Waals surface area contributed by atoms with Crippen molar-refractivity contribution in [3.05, 3.63) is 46.2 Å². The second-order valence-electron chi connectivity index (χ2n) is 6.28. The van der Waals surface area contributed by atoms with Crippen molar-refractivity contribution in [1.29, 1.82) is 0 Å². The zero-order valence-corrected chi connectivity index (χ0v) is 15.7. The Morgan fingerprint density at radius 3 is 2.33 bits per heavy atom. The van der Waals surface area contributed by atoms with Crippen LogP contribution in [-0.4, -0.2) is 21.7 Å². The van der Waals surface area contributed by atoms with Gasteiger partial charge in [-0.25, -0.2) is 4.68 Å². The minimum absolute atomic E-state index is 0.0305. The Balaban J connectivity index is 2.58. The van der Waals surface area contributed by atoms with Crippen molar-refractivity contribution in [3.63, 3.8) is 0 Å². The van der Waals surface area contributed by atoms with Crippen molar-refractivity contribution < 1.29 is 4.79 Å². The van der Waals surface area contributed by atoms with E-state index in [0.29, 0.717) is 5.02 Å². The molecule has 1 amide bonds. The molecule has 1 aromatic carbocycles. The fourth-order valence-electron chi connectivity index (χ4n) is 2.78. The van der Waals surface area contributed by atoms with E-state index in [1.807, 2.05) is 42.8 Å². The Bertz CT molecular complexity index is 689. The second-order valence-corrected chi connectivity index (χ2v) is 6.72. The number of halogens is 1. The number of benzene rings is 1. The molecule has 1 heterocycles. The molecule has 0 bridgehead atoms. The van der Waals surface area contributed by atoms with Crippen LogP contribution in [0.2, 0.25) is 5.02 Å². The number of aryl methyl sites for hydroxylation is 1. The lowest BCUT2D eigenvalue weighted by Gasteiger charge is -2.11. The first-order chi connectivity index (χ1) is 11.5. The molecule has 5 heteroatoms. The van der Waals surface area contributed by atoms with E-state index in [1.54, 1.807) is 0 Å². The quantitative estimate of drug-likeness (QED) is 0.797. The number of amides is 1. The number of carbonyl (C=O) groups is 1. The van der Waals surface area contributed by atoms with Crippen LogP contribution in [0.15, 0.2) is 24.3 Å². The zero-order valence-electron chi connectivity index (χ0n) is 14.9. The fourth-order valence-corrected chi connectivity index (χ4v) is 2.90. The highest BCUT2D eigenvalue weighted by molar-refractivity contribution is 6.30. The van der Waals surface area contributed by atoms with E-state index in [9.17, 15) is 4.79 Å². The topological polar surface area (TPSA) is 46.9 Å². The van der Waals surface area contributed by atoms with Gasteiger partial charge in [0.05, 0.1) is 22.6 Å². The Morgan fingerprint density at radius 1 is 1.17 bits per heavy atom. The third kappa shape index (κ3) is 4.18. The molecule has 2 rings (SSSR count). The molecule has 0 unspecified atom stereocenters. The van der Waals surface area contributed by atoms with Crippen LogP contribution in [0.4, 0.5) is 0 Å². The van der Waals surface area contributed by atoms with Gasteiger partial charge < -0.3 is 5.32 Å². The maximum atomic E-state index is 12.8. The predicted molar refractivity (Wildman–Crippen MR) is 99.2 cm³/mol. The van der Waals surface area contributed by atoms with E-state index in [1.165, 1.54) is 0 Å². The van der Waals surface area contributed by atoms with Crippen LogP contribution in [0.1, 0.15) is 62.3 Å². The lowest BCUT2D eigenvalue weighted by molar-refractivity contribution is 0.0941. The van der Waals surface area contributed by atoms with Crippen LogP contribution in [0.25, 0.3) is 5.69 Å². The smallest absolute Gasteiger partial charge is 0.255 e. The third-order valence-corrected chi connectivity index (χ3v) is 4.00. The van der Waals surface area contributed by atoms with Crippen LogP contribution in [-0.2, 0) is 12.8 Å². The highest BCUT2D eigenvalue weighted by Gasteiger charge is 2.23. The average molecular weight is 348 g/mol. The molecule has 0 saturated carbocycles. The molecular formula is C19H26ClN3O. The fraction of sp³-hybridized carbons (Fsp3) is 0.474. The Kier molecular flexibility index (Phi) is 6.44. The van der Waals surface area contributed by atoms with Gasteiger partial charge in [0.2, 0.25) is 0 Å². The summed E-state index contributed by atoms with van der Waals surface area (Å²) < 4.78 is 1.90. The number of rotatable bonds is 7. The number of carbonyl (C=O) groups excluding carboxylic acids is 1. The van der Waals surface area contributed by atoms with Crippen molar-refractivity contribution in [2.24, 2.45) is 0 Å². The summed E-state index contributed by atoms with van der Waals surface area (Å²) in [6.45, 7) is 8.16. The lowest BCUT2D eigenvalue weighted by Crippen LogP contribution is -2.31. The van der Waals surface area contributed by atoms with Gasteiger partial charge in [0.1, 0.15) is 0 Å². The highest BCUT2D eigenvalue weighted by Crippen LogP contribution is 2.23. The molecule has 0 aliphatic carbocycles. The lowest BCUT2D eigenvalue weighted by atomic mass is 10.0. The summed E-state index contributed by atoms with van der Waals surface area (Å²) in [5.74, 6) is -0.0305. The van der Waals surface area contributed by atoms with E-state index in [-0.39, 0.29) is 11.9 Å². The van der Waals surface area contributed by atoms with Gasteiger partial charge >= 0.3 is 0 Å². The van der Waals surface area contributed by atoms with E-state index in [0.717, 1.165) is 48.3 Å². The Hall–Kier alpha value is -1.81. The molecule has 0 fully saturated rings. The van der Waals surface area contributed by atoms with Crippen molar-refractivity contribution in [2.75, 3.05) is 0 Å². The number of nitrogens with one attached hydrogen (secondary N) is 1. The summed E-state index contributed by atoms with van der Waals surface area (Å²) in [5, 5.41) is 8.47. The molecule has 4 nitrogen and oxygen atoms in total. The maximum absolute atomic E-state index is 12.8. The van der Waals surface area contributed by atoms with Crippen molar-refractivity contribution in [1.82, 2.24) is 15.1 Å². The molecule has 0 saturated heterocycles. The van der Waals surface area contributed by atoms with Crippen LogP contribution in [0, 0.1) is 0 Å². The molecule has 0 aliphatic rings. The van der Waals surface area contributed by atoms with E-state index < -0.39 is 0 Å². The van der Waals surface area contributed by atoms with Crippen LogP contribution in [0.5, 0.6) is 0 Å². The van der Waals surface area contributed by atoms with Gasteiger partial charge in [-0.15, -0.1) is 0 Å². The van der Waals surface area contributed by atoms with Gasteiger partial charge in [0.15, 0.2) is 0 Å². The molecule has 0 radical (unpaired) electrons. The summed E-state index contributed by atoms with van der Waals surface area (Å²) in [6, 6.07) is 7.67. The Labute approximate surface area is 149 Å². The van der Waals surface area contributed by atoms with Crippen LogP contribution >= 0.6 is 11.6 Å². The summed E-state index contributed by atoms with van der Waals surface area (Å²) in [7, 11) is 0. The van der Waals surface area contributed by atoms with E-state index in [4.69, 9.17) is 16.7 Å². The number of aromatic nitrogens is 2. The van der Waals surface area contributed by atoms with E-state index >= 15 is 0 Å². The van der Waals surface area contributed by atoms with Crippen molar-refractivity contribution >= 4 is 17.5 Å². The minimum Gasteiger partial charge on any atom is -0.350 e. The summed E-state index contributed by atoms with van der Waals surface area (Å²) >= 11 is 6.00. The minimum atomic E-state index is -0.0305. The van der Waals surface area contributed by atoms with E-state index in [2.05, 4.69) is 19.2 Å². The third-order valence-electron chi connectivity index (χ3n) is 3.75. The summed E-state index contributed by atoms with van der Waals surface area (Å²) in [6.07, 6.45) is 3.50. The molecule has 130 valence electrons. The SMILES string of the molecule is CCCc1nn(-c2ccc(Cl)cc2)c(CCC)c1C(=O)NC(C)C. The van der Waals surface area contributed by atoms with Crippen LogP contribution in [0.3, 0.4) is 0 Å². The summed E-state index contributed by atoms with van der Waals surface area (Å²) in [5.41, 5.74) is 3.52. The normalized spacial score (nSPS) is 11.1. The molecule has 1 aromatic heterocycles. The second kappa shape index (κ2) is 8.34. The monoisotopic (exact) mass is 347 g/mol. The maximum Gasteiger partial charge on any atom is 0.255 e.